The van der Waals surface area contributed by atoms with E-state index in [4.69, 9.17) is 16.7 Å². The third-order valence-corrected chi connectivity index (χ3v) is 5.75. The van der Waals surface area contributed by atoms with Crippen molar-refractivity contribution in [2.24, 2.45) is 4.99 Å². The van der Waals surface area contributed by atoms with Gasteiger partial charge in [0, 0.05) is 32.2 Å². The second-order valence-electron chi connectivity index (χ2n) is 7.41. The van der Waals surface area contributed by atoms with Crippen LogP contribution < -0.4 is 5.56 Å². The van der Waals surface area contributed by atoms with Crippen LogP contribution in [0.5, 0.6) is 0 Å². The van der Waals surface area contributed by atoms with Crippen LogP contribution in [0.2, 0.25) is 5.02 Å². The zero-order valence-electron chi connectivity index (χ0n) is 16.1. The molecule has 1 atom stereocenters. The first-order chi connectivity index (χ1) is 14.1. The van der Waals surface area contributed by atoms with E-state index >= 15 is 0 Å². The average molecular weight is 409 g/mol. The van der Waals surface area contributed by atoms with Crippen molar-refractivity contribution in [2.75, 3.05) is 20.3 Å². The van der Waals surface area contributed by atoms with Gasteiger partial charge < -0.3 is 9.80 Å². The Kier molecular flexibility index (Phi) is 4.39. The first kappa shape index (κ1) is 18.0. The van der Waals surface area contributed by atoms with Gasteiger partial charge in [-0.05, 0) is 31.0 Å². The molecule has 0 N–H and O–H groups in total. The number of hydrogen-bond donors (Lipinski definition) is 0. The van der Waals surface area contributed by atoms with Gasteiger partial charge >= 0.3 is 0 Å². The fraction of sp³-hybridized carbons (Fsp3) is 0.286. The van der Waals surface area contributed by atoms with Crippen LogP contribution >= 0.6 is 11.6 Å². The molecule has 8 heteroatoms. The third kappa shape index (κ3) is 3.02. The summed E-state index contributed by atoms with van der Waals surface area (Å²) in [6.07, 6.45) is 7.69. The van der Waals surface area contributed by atoms with E-state index in [0.29, 0.717) is 23.0 Å². The zero-order chi connectivity index (χ0) is 20.0. The number of rotatable bonds is 3. The Labute approximate surface area is 173 Å². The van der Waals surface area contributed by atoms with Crippen LogP contribution in [0.1, 0.15) is 24.7 Å². The molecule has 1 fully saturated rings. The average Bonchev–Trinajstić information content (AvgIpc) is 3.36. The van der Waals surface area contributed by atoms with Gasteiger partial charge in [-0.15, -0.1) is 0 Å². The maximum Gasteiger partial charge on any atom is 0.284 e. The summed E-state index contributed by atoms with van der Waals surface area (Å²) in [5, 5.41) is 5.26. The van der Waals surface area contributed by atoms with Gasteiger partial charge in [0.2, 0.25) is 0 Å². The largest absolute Gasteiger partial charge is 0.360 e. The molecule has 0 amide bonds. The van der Waals surface area contributed by atoms with Crippen LogP contribution in [0.3, 0.4) is 0 Å². The summed E-state index contributed by atoms with van der Waals surface area (Å²) < 4.78 is 3.31. The highest BCUT2D eigenvalue weighted by molar-refractivity contribution is 6.33. The molecule has 3 aromatic rings. The number of fused-ring (bicyclic) bond motifs is 1. The Bertz CT molecular complexity index is 1180. The van der Waals surface area contributed by atoms with E-state index in [1.807, 2.05) is 43.6 Å². The van der Waals surface area contributed by atoms with Crippen LogP contribution in [0.15, 0.2) is 64.3 Å². The molecule has 0 spiro atoms. The van der Waals surface area contributed by atoms with E-state index in [1.165, 1.54) is 0 Å². The van der Waals surface area contributed by atoms with Crippen molar-refractivity contribution in [2.45, 2.75) is 18.9 Å². The first-order valence-electron chi connectivity index (χ1n) is 9.67. The molecular weight excluding hydrogens is 388 g/mol. The van der Waals surface area contributed by atoms with Crippen molar-refractivity contribution in [3.63, 3.8) is 0 Å². The Balaban J connectivity index is 1.72. The lowest BCUT2D eigenvalue weighted by Gasteiger charge is -2.31. The number of para-hydroxylation sites is 1. The molecule has 1 unspecified atom stereocenters. The highest BCUT2D eigenvalue weighted by atomic mass is 35.5. The Morgan fingerprint density at radius 1 is 1.17 bits per heavy atom. The topological polar surface area (TPSA) is 58.1 Å². The molecule has 1 saturated heterocycles. The number of likely N-dealkylation sites (tertiary alicyclic amines) is 1. The quantitative estimate of drug-likeness (QED) is 0.668. The Morgan fingerprint density at radius 3 is 2.79 bits per heavy atom. The summed E-state index contributed by atoms with van der Waals surface area (Å²) >= 11 is 6.30. The number of aromatic nitrogens is 3. The van der Waals surface area contributed by atoms with E-state index < -0.39 is 0 Å². The van der Waals surface area contributed by atoms with Crippen LogP contribution in [-0.4, -0.2) is 50.5 Å². The smallest absolute Gasteiger partial charge is 0.284 e. The summed E-state index contributed by atoms with van der Waals surface area (Å²) in [6, 6.07) is 11.3. The maximum absolute atomic E-state index is 13.5. The second-order valence-corrected chi connectivity index (χ2v) is 7.81. The first-order valence-corrected chi connectivity index (χ1v) is 10.0. The number of nitrogens with zero attached hydrogens (tertiary/aromatic N) is 6. The van der Waals surface area contributed by atoms with Gasteiger partial charge in [-0.1, -0.05) is 29.8 Å². The SMILES string of the molecule is CN1C=C(N2CCCC2c2nn3ccc(Cl)c3c(=O)n2-c2ccccc2)C=NC1. The van der Waals surface area contributed by atoms with Gasteiger partial charge in [0.15, 0.2) is 5.82 Å². The molecule has 0 bridgehead atoms. The predicted octanol–water partition coefficient (Wildman–Crippen LogP) is 3.09. The molecule has 2 aromatic heterocycles. The van der Waals surface area contributed by atoms with Gasteiger partial charge in [-0.25, -0.2) is 4.52 Å². The van der Waals surface area contributed by atoms with Gasteiger partial charge in [-0.3, -0.25) is 14.4 Å². The van der Waals surface area contributed by atoms with Crippen LogP contribution in [0.4, 0.5) is 0 Å². The Morgan fingerprint density at radius 2 is 2.00 bits per heavy atom. The van der Waals surface area contributed by atoms with E-state index in [0.717, 1.165) is 30.8 Å². The highest BCUT2D eigenvalue weighted by Crippen LogP contribution is 2.34. The van der Waals surface area contributed by atoms with Crippen molar-refractivity contribution < 1.29 is 0 Å². The normalized spacial score (nSPS) is 19.2. The lowest BCUT2D eigenvalue weighted by Crippen LogP contribution is -2.34. The molecule has 148 valence electrons. The summed E-state index contributed by atoms with van der Waals surface area (Å²) in [5.41, 5.74) is 2.06. The number of hydrogen-bond acceptors (Lipinski definition) is 5. The van der Waals surface area contributed by atoms with Crippen molar-refractivity contribution in [3.8, 4) is 5.69 Å². The molecule has 0 saturated carbocycles. The molecular formula is C21H21ClN6O. The van der Waals surface area contributed by atoms with Crippen molar-refractivity contribution in [3.05, 3.63) is 75.7 Å². The molecule has 4 heterocycles. The van der Waals surface area contributed by atoms with Crippen LogP contribution in [-0.2, 0) is 0 Å². The molecule has 2 aliphatic heterocycles. The number of benzene rings is 1. The molecule has 7 nitrogen and oxygen atoms in total. The minimum absolute atomic E-state index is 0.0299. The van der Waals surface area contributed by atoms with E-state index in [2.05, 4.69) is 21.0 Å². The molecule has 0 aliphatic carbocycles. The molecule has 1 aromatic carbocycles. The fourth-order valence-electron chi connectivity index (χ4n) is 4.15. The predicted molar refractivity (Wildman–Crippen MR) is 114 cm³/mol. The molecule has 5 rings (SSSR count). The second kappa shape index (κ2) is 7.08. The summed E-state index contributed by atoms with van der Waals surface area (Å²) in [4.78, 5) is 22.3. The summed E-state index contributed by atoms with van der Waals surface area (Å²) in [5.74, 6) is 0.709. The summed E-state index contributed by atoms with van der Waals surface area (Å²) in [7, 11) is 2.01. The van der Waals surface area contributed by atoms with Gasteiger partial charge in [0.25, 0.3) is 5.56 Å². The van der Waals surface area contributed by atoms with Gasteiger partial charge in [0.1, 0.15) is 12.2 Å². The van der Waals surface area contributed by atoms with E-state index in [9.17, 15) is 4.79 Å². The maximum atomic E-state index is 13.5. The standard InChI is InChI=1S/C21H21ClN6O/c1-25-13-16(12-23-14-25)26-10-5-8-18(26)20-24-27-11-9-17(22)19(27)21(29)28(20)15-6-3-2-4-7-15/h2-4,6-7,9,11-13,18H,5,8,10,14H2,1H3. The number of halogens is 1. The summed E-state index contributed by atoms with van der Waals surface area (Å²) in [6.45, 7) is 1.55. The van der Waals surface area contributed by atoms with E-state index in [1.54, 1.807) is 21.3 Å². The molecule has 2 aliphatic rings. The Hall–Kier alpha value is -3.06. The van der Waals surface area contributed by atoms with Gasteiger partial charge in [0.05, 0.1) is 22.4 Å². The fourth-order valence-corrected chi connectivity index (χ4v) is 4.37. The zero-order valence-corrected chi connectivity index (χ0v) is 16.8. The van der Waals surface area contributed by atoms with E-state index in [-0.39, 0.29) is 11.6 Å². The number of aliphatic imine (C=N–C) groups is 1. The minimum atomic E-state index is -0.161. The van der Waals surface area contributed by atoms with Crippen molar-refractivity contribution >= 4 is 23.3 Å². The van der Waals surface area contributed by atoms with Crippen LogP contribution in [0.25, 0.3) is 11.2 Å². The van der Waals surface area contributed by atoms with Crippen molar-refractivity contribution in [1.82, 2.24) is 24.0 Å². The third-order valence-electron chi connectivity index (χ3n) is 5.44. The number of allylic oxidation sites excluding steroid dienone is 1. The highest BCUT2D eigenvalue weighted by Gasteiger charge is 2.33. The molecule has 29 heavy (non-hydrogen) atoms. The molecule has 0 radical (unpaired) electrons. The van der Waals surface area contributed by atoms with Crippen molar-refractivity contribution in [1.29, 1.82) is 0 Å². The lowest BCUT2D eigenvalue weighted by atomic mass is 10.2. The minimum Gasteiger partial charge on any atom is -0.360 e. The lowest BCUT2D eigenvalue weighted by molar-refractivity contribution is 0.309. The van der Waals surface area contributed by atoms with Crippen LogP contribution in [0, 0.1) is 0 Å². The van der Waals surface area contributed by atoms with Gasteiger partial charge in [-0.2, -0.15) is 5.10 Å². The monoisotopic (exact) mass is 408 g/mol.